The van der Waals surface area contributed by atoms with E-state index in [4.69, 9.17) is 18.9 Å². The summed E-state index contributed by atoms with van der Waals surface area (Å²) in [5.74, 6) is 1.59. The number of hydrogen-bond donors (Lipinski definition) is 2. The zero-order valence-corrected chi connectivity index (χ0v) is 23.9. The molecule has 1 amide bonds. The van der Waals surface area contributed by atoms with E-state index in [0.717, 1.165) is 89.4 Å². The van der Waals surface area contributed by atoms with Crippen LogP contribution in [-0.2, 0) is 25.6 Å². The molecule has 3 aliphatic rings. The third-order valence-electron chi connectivity index (χ3n) is 7.92. The molecule has 4 rings (SSSR count). The van der Waals surface area contributed by atoms with Crippen molar-refractivity contribution in [3.05, 3.63) is 23.8 Å². The van der Waals surface area contributed by atoms with E-state index < -0.39 is 0 Å². The molecule has 2 N–H and O–H groups in total. The lowest BCUT2D eigenvalue weighted by Gasteiger charge is -2.41. The van der Waals surface area contributed by atoms with Crippen LogP contribution in [0.4, 0.5) is 5.69 Å². The average molecular weight is 532 g/mol. The number of methoxy groups -OCH3 is 1. The van der Waals surface area contributed by atoms with Gasteiger partial charge in [0.05, 0.1) is 24.9 Å². The molecule has 0 radical (unpaired) electrons. The second-order valence-corrected chi connectivity index (χ2v) is 12.0. The van der Waals surface area contributed by atoms with Crippen molar-refractivity contribution in [2.24, 2.45) is 5.92 Å². The fraction of sp³-hybridized carbons (Fsp3) is 0.767. The largest absolute Gasteiger partial charge is 0.484 e. The lowest BCUT2D eigenvalue weighted by Crippen LogP contribution is -2.47. The van der Waals surface area contributed by atoms with Gasteiger partial charge in [-0.1, -0.05) is 6.07 Å². The fourth-order valence-electron chi connectivity index (χ4n) is 5.94. The Morgan fingerprint density at radius 2 is 2.05 bits per heavy atom. The Balaban J connectivity index is 1.19. The van der Waals surface area contributed by atoms with Crippen molar-refractivity contribution < 1.29 is 23.7 Å². The van der Waals surface area contributed by atoms with Crippen molar-refractivity contribution >= 4 is 11.6 Å². The highest BCUT2D eigenvalue weighted by Crippen LogP contribution is 2.38. The first-order valence-electron chi connectivity index (χ1n) is 14.6. The molecule has 0 spiro atoms. The lowest BCUT2D eigenvalue weighted by molar-refractivity contribution is -0.123. The van der Waals surface area contributed by atoms with Crippen LogP contribution in [-0.4, -0.2) is 76.3 Å². The van der Waals surface area contributed by atoms with Gasteiger partial charge < -0.3 is 34.5 Å². The molecule has 214 valence electrons. The van der Waals surface area contributed by atoms with Gasteiger partial charge in [-0.25, -0.2) is 0 Å². The number of rotatable bonds is 12. The Kier molecular flexibility index (Phi) is 10.7. The van der Waals surface area contributed by atoms with Gasteiger partial charge in [0.1, 0.15) is 11.4 Å². The molecule has 8 heteroatoms. The van der Waals surface area contributed by atoms with E-state index in [9.17, 15) is 4.79 Å². The van der Waals surface area contributed by atoms with Crippen LogP contribution >= 0.6 is 0 Å². The first-order chi connectivity index (χ1) is 18.3. The molecule has 8 nitrogen and oxygen atoms in total. The lowest BCUT2D eigenvalue weighted by atomic mass is 9.95. The summed E-state index contributed by atoms with van der Waals surface area (Å²) in [6.07, 6.45) is 6.85. The Morgan fingerprint density at radius 1 is 1.24 bits per heavy atom. The second kappa shape index (κ2) is 14.0. The van der Waals surface area contributed by atoms with Crippen LogP contribution in [0.1, 0.15) is 71.3 Å². The summed E-state index contributed by atoms with van der Waals surface area (Å²) < 4.78 is 23.2. The van der Waals surface area contributed by atoms with Crippen molar-refractivity contribution in [1.82, 2.24) is 10.6 Å². The Hall–Kier alpha value is -1.87. The molecule has 38 heavy (non-hydrogen) atoms. The van der Waals surface area contributed by atoms with Gasteiger partial charge >= 0.3 is 0 Å². The van der Waals surface area contributed by atoms with Gasteiger partial charge in [-0.15, -0.1) is 0 Å². The number of benzene rings is 1. The topological polar surface area (TPSA) is 81.3 Å². The molecular weight excluding hydrogens is 482 g/mol. The van der Waals surface area contributed by atoms with E-state index in [2.05, 4.69) is 54.5 Å². The van der Waals surface area contributed by atoms with E-state index in [0.29, 0.717) is 25.0 Å². The van der Waals surface area contributed by atoms with Crippen LogP contribution in [0.3, 0.4) is 0 Å². The number of amides is 1. The van der Waals surface area contributed by atoms with Crippen molar-refractivity contribution in [3.63, 3.8) is 0 Å². The maximum Gasteiger partial charge on any atom is 0.220 e. The second-order valence-electron chi connectivity index (χ2n) is 12.0. The van der Waals surface area contributed by atoms with Crippen molar-refractivity contribution in [2.45, 2.75) is 96.1 Å². The average Bonchev–Trinajstić information content (AvgIpc) is 2.88. The van der Waals surface area contributed by atoms with Crippen LogP contribution in [0.5, 0.6) is 5.75 Å². The number of carbonyl (C=O) groups excluding carboxylic acids is 1. The number of nitrogens with one attached hydrogen (secondary N) is 2. The van der Waals surface area contributed by atoms with Crippen molar-refractivity contribution in [3.8, 4) is 5.75 Å². The Bertz CT molecular complexity index is 881. The molecule has 2 fully saturated rings. The minimum Gasteiger partial charge on any atom is -0.484 e. The summed E-state index contributed by atoms with van der Waals surface area (Å²) in [5, 5.41) is 6.86. The van der Waals surface area contributed by atoms with Gasteiger partial charge in [0.2, 0.25) is 5.91 Å². The quantitative estimate of drug-likeness (QED) is 0.394. The Labute approximate surface area is 229 Å². The minimum absolute atomic E-state index is 0.173. The SMILES string of the molecule is COCCCN1CC(C)(C)Oc2ccc(CO[C@@H]3CC[C@@H](C[C@H](C)NC(=O)CC4CCOCC4)NC3)cc21. The summed E-state index contributed by atoms with van der Waals surface area (Å²) >= 11 is 0. The predicted molar refractivity (Wildman–Crippen MR) is 150 cm³/mol. The van der Waals surface area contributed by atoms with Crippen LogP contribution < -0.4 is 20.3 Å². The van der Waals surface area contributed by atoms with Gasteiger partial charge in [0.15, 0.2) is 0 Å². The van der Waals surface area contributed by atoms with Gasteiger partial charge in [-0.3, -0.25) is 4.79 Å². The van der Waals surface area contributed by atoms with Crippen LogP contribution in [0, 0.1) is 5.92 Å². The summed E-state index contributed by atoms with van der Waals surface area (Å²) in [4.78, 5) is 14.8. The number of hydrogen-bond acceptors (Lipinski definition) is 7. The maximum atomic E-state index is 12.4. The molecule has 0 saturated carbocycles. The summed E-state index contributed by atoms with van der Waals surface area (Å²) in [6, 6.07) is 7.02. The van der Waals surface area contributed by atoms with E-state index in [-0.39, 0.29) is 23.7 Å². The van der Waals surface area contributed by atoms with E-state index in [1.165, 1.54) is 5.56 Å². The first kappa shape index (κ1) is 29.1. The monoisotopic (exact) mass is 531 g/mol. The molecule has 3 heterocycles. The van der Waals surface area contributed by atoms with Gasteiger partial charge in [0.25, 0.3) is 0 Å². The standard InChI is InChI=1S/C30H49N3O5/c1-22(32-29(34)18-23-10-14-36-15-11-23)16-25-7-8-26(19-31-25)37-20-24-6-9-28-27(17-24)33(12-5-13-35-4)21-30(2,3)38-28/h6,9,17,22-23,25-26,31H,5,7-8,10-16,18-21H2,1-4H3,(H,32,34)/t22-,25-,26+/m0/s1. The normalized spacial score (nSPS) is 24.4. The molecule has 1 aromatic rings. The number of anilines is 1. The van der Waals surface area contributed by atoms with E-state index in [1.54, 1.807) is 7.11 Å². The molecule has 1 aromatic carbocycles. The molecule has 3 aliphatic heterocycles. The summed E-state index contributed by atoms with van der Waals surface area (Å²) in [5.41, 5.74) is 2.11. The van der Waals surface area contributed by atoms with Crippen molar-refractivity contribution in [2.75, 3.05) is 51.5 Å². The molecule has 3 atom stereocenters. The zero-order chi connectivity index (χ0) is 27.0. The highest BCUT2D eigenvalue weighted by atomic mass is 16.5. The summed E-state index contributed by atoms with van der Waals surface area (Å²) in [6.45, 7) is 12.0. The maximum absolute atomic E-state index is 12.4. The smallest absolute Gasteiger partial charge is 0.220 e. The highest BCUT2D eigenvalue weighted by molar-refractivity contribution is 5.76. The highest BCUT2D eigenvalue weighted by Gasteiger charge is 2.32. The molecule has 2 saturated heterocycles. The third-order valence-corrected chi connectivity index (χ3v) is 7.92. The number of carbonyl (C=O) groups is 1. The third kappa shape index (κ3) is 8.83. The molecular formula is C30H49N3O5. The summed E-state index contributed by atoms with van der Waals surface area (Å²) in [7, 11) is 1.75. The number of nitrogens with zero attached hydrogens (tertiary/aromatic N) is 1. The number of piperidine rings is 1. The van der Waals surface area contributed by atoms with Crippen LogP contribution in [0.2, 0.25) is 0 Å². The molecule has 0 bridgehead atoms. The van der Waals surface area contributed by atoms with E-state index in [1.807, 2.05) is 0 Å². The molecule has 0 aliphatic carbocycles. The molecule has 0 unspecified atom stereocenters. The van der Waals surface area contributed by atoms with E-state index >= 15 is 0 Å². The predicted octanol–water partition coefficient (Wildman–Crippen LogP) is 4.05. The van der Waals surface area contributed by atoms with Gasteiger partial charge in [0, 0.05) is 58.5 Å². The van der Waals surface area contributed by atoms with Gasteiger partial charge in [-0.2, -0.15) is 0 Å². The first-order valence-corrected chi connectivity index (χ1v) is 14.6. The molecule has 0 aromatic heterocycles. The number of fused-ring (bicyclic) bond motifs is 1. The zero-order valence-electron chi connectivity index (χ0n) is 23.9. The van der Waals surface area contributed by atoms with Crippen LogP contribution in [0.15, 0.2) is 18.2 Å². The fourth-order valence-corrected chi connectivity index (χ4v) is 5.94. The van der Waals surface area contributed by atoms with Gasteiger partial charge in [-0.05, 0) is 82.9 Å². The minimum atomic E-state index is -0.215. The number of ether oxygens (including phenoxy) is 4. The Morgan fingerprint density at radius 3 is 2.79 bits per heavy atom. The van der Waals surface area contributed by atoms with Crippen LogP contribution in [0.25, 0.3) is 0 Å². The van der Waals surface area contributed by atoms with Crippen molar-refractivity contribution in [1.29, 1.82) is 0 Å².